The Hall–Kier alpha value is -1.66. The second-order valence-corrected chi connectivity index (χ2v) is 7.57. The van der Waals surface area contributed by atoms with E-state index in [-0.39, 0.29) is 4.90 Å². The fraction of sp³-hybridized carbons (Fsp3) is 0.200. The zero-order valence-electron chi connectivity index (χ0n) is 11.5. The minimum atomic E-state index is -3.54. The standard InChI is InChI=1S/C15H15NO3S2/c1-19-12-6-8-13(9-7-12)21(17,18)16-10-11-20-15-5-3-2-4-14(15)16/h2-9H,10-11H2,1H3. The van der Waals surface area contributed by atoms with Gasteiger partial charge in [-0.3, -0.25) is 4.31 Å². The smallest absolute Gasteiger partial charge is 0.264 e. The van der Waals surface area contributed by atoms with Gasteiger partial charge in [-0.05, 0) is 36.4 Å². The summed E-state index contributed by atoms with van der Waals surface area (Å²) in [5, 5.41) is 0. The number of benzene rings is 2. The van der Waals surface area contributed by atoms with Crippen molar-refractivity contribution in [1.29, 1.82) is 0 Å². The molecule has 6 heteroatoms. The molecule has 0 saturated heterocycles. The predicted molar refractivity (Wildman–Crippen MR) is 84.7 cm³/mol. The van der Waals surface area contributed by atoms with Gasteiger partial charge in [-0.2, -0.15) is 0 Å². The molecule has 110 valence electrons. The molecule has 2 aromatic carbocycles. The molecule has 1 heterocycles. The Bertz CT molecular complexity index is 742. The van der Waals surface area contributed by atoms with Gasteiger partial charge in [0.05, 0.1) is 17.7 Å². The van der Waals surface area contributed by atoms with Crippen LogP contribution in [0.3, 0.4) is 0 Å². The number of hydrogen-bond donors (Lipinski definition) is 0. The Labute approximate surface area is 128 Å². The SMILES string of the molecule is COc1ccc(S(=O)(=O)N2CCSc3ccccc32)cc1. The van der Waals surface area contributed by atoms with Gasteiger partial charge in [-0.15, -0.1) is 11.8 Å². The molecule has 0 aliphatic carbocycles. The van der Waals surface area contributed by atoms with Crippen LogP contribution in [0.4, 0.5) is 5.69 Å². The Morgan fingerprint density at radius 3 is 2.52 bits per heavy atom. The number of sulfonamides is 1. The normalized spacial score (nSPS) is 14.6. The first kappa shape index (κ1) is 14.3. The largest absolute Gasteiger partial charge is 0.497 e. The summed E-state index contributed by atoms with van der Waals surface area (Å²) in [5.74, 6) is 1.40. The van der Waals surface area contributed by atoms with E-state index in [4.69, 9.17) is 4.74 Å². The lowest BCUT2D eigenvalue weighted by molar-refractivity contribution is 0.414. The highest BCUT2D eigenvalue weighted by atomic mass is 32.2. The molecule has 0 saturated carbocycles. The van der Waals surface area contributed by atoms with E-state index in [0.717, 1.165) is 16.3 Å². The molecule has 0 unspecified atom stereocenters. The molecule has 0 aromatic heterocycles. The summed E-state index contributed by atoms with van der Waals surface area (Å²) in [5.41, 5.74) is 0.754. The Kier molecular flexibility index (Phi) is 3.82. The van der Waals surface area contributed by atoms with Crippen molar-refractivity contribution in [2.45, 2.75) is 9.79 Å². The second kappa shape index (κ2) is 5.61. The van der Waals surface area contributed by atoms with E-state index in [1.165, 1.54) is 4.31 Å². The van der Waals surface area contributed by atoms with Gasteiger partial charge in [0.15, 0.2) is 0 Å². The van der Waals surface area contributed by atoms with Crippen LogP contribution < -0.4 is 9.04 Å². The second-order valence-electron chi connectivity index (χ2n) is 4.57. The number of hydrogen-bond acceptors (Lipinski definition) is 4. The van der Waals surface area contributed by atoms with Crippen LogP contribution in [0.25, 0.3) is 0 Å². The summed E-state index contributed by atoms with van der Waals surface area (Å²) in [6.45, 7) is 0.482. The molecule has 0 fully saturated rings. The molecule has 1 aliphatic rings. The van der Waals surface area contributed by atoms with Gasteiger partial charge in [0, 0.05) is 17.2 Å². The number of rotatable bonds is 3. The highest BCUT2D eigenvalue weighted by Crippen LogP contribution is 2.37. The van der Waals surface area contributed by atoms with Gasteiger partial charge in [0.2, 0.25) is 0 Å². The Balaban J connectivity index is 2.02. The summed E-state index contributed by atoms with van der Waals surface area (Å²) < 4.78 is 32.2. The minimum Gasteiger partial charge on any atom is -0.497 e. The lowest BCUT2D eigenvalue weighted by Crippen LogP contribution is -2.35. The lowest BCUT2D eigenvalue weighted by atomic mass is 10.3. The molecule has 0 bridgehead atoms. The van der Waals surface area contributed by atoms with Gasteiger partial charge in [0.1, 0.15) is 5.75 Å². The van der Waals surface area contributed by atoms with Crippen LogP contribution in [0.1, 0.15) is 0 Å². The third kappa shape index (κ3) is 2.61. The first-order valence-electron chi connectivity index (χ1n) is 6.51. The Morgan fingerprint density at radius 2 is 1.81 bits per heavy atom. The zero-order valence-corrected chi connectivity index (χ0v) is 13.2. The molecular formula is C15H15NO3S2. The number of para-hydroxylation sites is 1. The van der Waals surface area contributed by atoms with E-state index in [9.17, 15) is 8.42 Å². The van der Waals surface area contributed by atoms with Crippen molar-refractivity contribution in [1.82, 2.24) is 0 Å². The van der Waals surface area contributed by atoms with Crippen molar-refractivity contribution >= 4 is 27.5 Å². The molecule has 4 nitrogen and oxygen atoms in total. The number of anilines is 1. The molecule has 0 amide bonds. The van der Waals surface area contributed by atoms with Crippen LogP contribution >= 0.6 is 11.8 Å². The summed E-state index contributed by atoms with van der Waals surface area (Å²) >= 11 is 1.68. The van der Waals surface area contributed by atoms with E-state index in [1.54, 1.807) is 43.1 Å². The number of ether oxygens (including phenoxy) is 1. The van der Waals surface area contributed by atoms with Crippen molar-refractivity contribution in [3.05, 3.63) is 48.5 Å². The molecule has 2 aromatic rings. The predicted octanol–water partition coefficient (Wildman–Crippen LogP) is 3.00. The number of fused-ring (bicyclic) bond motifs is 1. The topological polar surface area (TPSA) is 46.6 Å². The van der Waals surface area contributed by atoms with Crippen molar-refractivity contribution < 1.29 is 13.2 Å². The number of thioether (sulfide) groups is 1. The van der Waals surface area contributed by atoms with Crippen molar-refractivity contribution in [3.63, 3.8) is 0 Å². The van der Waals surface area contributed by atoms with Gasteiger partial charge in [0.25, 0.3) is 10.0 Å². The van der Waals surface area contributed by atoms with Crippen LogP contribution in [0.2, 0.25) is 0 Å². The van der Waals surface area contributed by atoms with Gasteiger partial charge in [-0.25, -0.2) is 8.42 Å². The molecule has 0 spiro atoms. The van der Waals surface area contributed by atoms with E-state index in [2.05, 4.69) is 0 Å². The third-order valence-corrected chi connectivity index (χ3v) is 6.20. The van der Waals surface area contributed by atoms with Crippen LogP contribution in [0, 0.1) is 0 Å². The highest BCUT2D eigenvalue weighted by molar-refractivity contribution is 8.00. The van der Waals surface area contributed by atoms with Crippen LogP contribution in [0.5, 0.6) is 5.75 Å². The third-order valence-electron chi connectivity index (χ3n) is 3.33. The molecule has 3 rings (SSSR count). The first-order chi connectivity index (χ1) is 10.1. The van der Waals surface area contributed by atoms with Crippen molar-refractivity contribution in [3.8, 4) is 5.75 Å². The molecular weight excluding hydrogens is 306 g/mol. The average molecular weight is 321 g/mol. The van der Waals surface area contributed by atoms with E-state index >= 15 is 0 Å². The fourth-order valence-corrected chi connectivity index (χ4v) is 4.92. The molecule has 21 heavy (non-hydrogen) atoms. The van der Waals surface area contributed by atoms with Gasteiger partial charge < -0.3 is 4.74 Å². The molecule has 0 N–H and O–H groups in total. The monoisotopic (exact) mass is 321 g/mol. The summed E-state index contributed by atoms with van der Waals surface area (Å²) in [6.07, 6.45) is 0. The number of methoxy groups -OCH3 is 1. The number of nitrogens with zero attached hydrogens (tertiary/aromatic N) is 1. The average Bonchev–Trinajstić information content (AvgIpc) is 2.54. The minimum absolute atomic E-state index is 0.282. The van der Waals surface area contributed by atoms with Crippen LogP contribution in [-0.2, 0) is 10.0 Å². The van der Waals surface area contributed by atoms with E-state index in [0.29, 0.717) is 12.3 Å². The van der Waals surface area contributed by atoms with Crippen LogP contribution in [0.15, 0.2) is 58.3 Å². The highest BCUT2D eigenvalue weighted by Gasteiger charge is 2.29. The first-order valence-corrected chi connectivity index (χ1v) is 8.94. The molecule has 1 aliphatic heterocycles. The zero-order chi connectivity index (χ0) is 14.9. The molecule has 0 atom stereocenters. The van der Waals surface area contributed by atoms with Crippen molar-refractivity contribution in [2.24, 2.45) is 0 Å². The lowest BCUT2D eigenvalue weighted by Gasteiger charge is -2.30. The van der Waals surface area contributed by atoms with E-state index in [1.807, 2.05) is 24.3 Å². The van der Waals surface area contributed by atoms with E-state index < -0.39 is 10.0 Å². The fourth-order valence-electron chi connectivity index (χ4n) is 2.27. The summed E-state index contributed by atoms with van der Waals surface area (Å²) in [7, 11) is -1.98. The van der Waals surface area contributed by atoms with Gasteiger partial charge >= 0.3 is 0 Å². The molecule has 0 radical (unpaired) electrons. The van der Waals surface area contributed by atoms with Crippen molar-refractivity contribution in [2.75, 3.05) is 23.7 Å². The summed E-state index contributed by atoms with van der Waals surface area (Å²) in [4.78, 5) is 1.28. The Morgan fingerprint density at radius 1 is 1.10 bits per heavy atom. The maximum Gasteiger partial charge on any atom is 0.264 e. The quantitative estimate of drug-likeness (QED) is 0.872. The maximum absolute atomic E-state index is 12.8. The maximum atomic E-state index is 12.8. The summed E-state index contributed by atoms with van der Waals surface area (Å²) in [6, 6.07) is 14.1. The van der Waals surface area contributed by atoms with Gasteiger partial charge in [-0.1, -0.05) is 12.1 Å². The van der Waals surface area contributed by atoms with Crippen LogP contribution in [-0.4, -0.2) is 27.8 Å².